The van der Waals surface area contributed by atoms with Crippen molar-refractivity contribution in [2.75, 3.05) is 17.7 Å². The van der Waals surface area contributed by atoms with Gasteiger partial charge in [0.15, 0.2) is 0 Å². The Labute approximate surface area is 98.3 Å². The third-order valence-corrected chi connectivity index (χ3v) is 2.55. The van der Waals surface area contributed by atoms with Gasteiger partial charge in [0.25, 0.3) is 0 Å². The molecule has 0 aliphatic rings. The largest absolute Gasteiger partial charge is 0.397 e. The minimum absolute atomic E-state index is 0.343. The Morgan fingerprint density at radius 2 is 1.71 bits per heavy atom. The van der Waals surface area contributed by atoms with E-state index in [0.717, 1.165) is 0 Å². The summed E-state index contributed by atoms with van der Waals surface area (Å²) in [4.78, 5) is 1.64. The summed E-state index contributed by atoms with van der Waals surface area (Å²) in [6.07, 6.45) is 0. The third-order valence-electron chi connectivity index (χ3n) is 2.55. The lowest BCUT2D eigenvalue weighted by atomic mass is 10.2. The first-order chi connectivity index (χ1) is 8.08. The normalized spacial score (nSPS) is 10.3. The molecular weight excluding hydrogens is 222 g/mol. The zero-order valence-electron chi connectivity index (χ0n) is 9.32. The topological polar surface area (TPSA) is 29.3 Å². The van der Waals surface area contributed by atoms with E-state index >= 15 is 0 Å². The molecule has 2 aromatic carbocycles. The summed E-state index contributed by atoms with van der Waals surface area (Å²) < 4.78 is 26.2. The molecule has 17 heavy (non-hydrogen) atoms. The number of nitrogen functional groups attached to an aromatic ring is 1. The van der Waals surface area contributed by atoms with Crippen molar-refractivity contribution in [1.82, 2.24) is 0 Å². The van der Waals surface area contributed by atoms with Gasteiger partial charge in [-0.05, 0) is 36.4 Å². The molecule has 2 nitrogen and oxygen atoms in total. The van der Waals surface area contributed by atoms with Gasteiger partial charge in [-0.25, -0.2) is 8.78 Å². The van der Waals surface area contributed by atoms with Crippen LogP contribution in [0.4, 0.5) is 25.8 Å². The number of hydrogen-bond acceptors (Lipinski definition) is 2. The molecule has 0 aliphatic heterocycles. The first kappa shape index (κ1) is 11.4. The van der Waals surface area contributed by atoms with Crippen LogP contribution in [0.25, 0.3) is 0 Å². The second-order valence-electron chi connectivity index (χ2n) is 3.74. The van der Waals surface area contributed by atoms with E-state index in [4.69, 9.17) is 5.73 Å². The molecule has 2 N–H and O–H groups in total. The number of anilines is 3. The van der Waals surface area contributed by atoms with E-state index in [1.807, 2.05) is 0 Å². The van der Waals surface area contributed by atoms with Gasteiger partial charge < -0.3 is 10.6 Å². The summed E-state index contributed by atoms with van der Waals surface area (Å²) in [5.41, 5.74) is 7.33. The van der Waals surface area contributed by atoms with Crippen LogP contribution >= 0.6 is 0 Å². The summed E-state index contributed by atoms with van der Waals surface area (Å²) in [7, 11) is 1.71. The van der Waals surface area contributed by atoms with Crippen molar-refractivity contribution in [1.29, 1.82) is 0 Å². The minimum atomic E-state index is -0.377. The molecule has 0 heterocycles. The molecule has 0 atom stereocenters. The molecule has 0 spiro atoms. The van der Waals surface area contributed by atoms with Gasteiger partial charge in [0, 0.05) is 12.7 Å². The number of nitrogens with two attached hydrogens (primary N) is 1. The van der Waals surface area contributed by atoms with Crippen LogP contribution in [0.5, 0.6) is 0 Å². The van der Waals surface area contributed by atoms with Crippen molar-refractivity contribution in [3.05, 3.63) is 54.1 Å². The van der Waals surface area contributed by atoms with Crippen LogP contribution in [0.15, 0.2) is 42.5 Å². The zero-order chi connectivity index (χ0) is 12.4. The monoisotopic (exact) mass is 234 g/mol. The van der Waals surface area contributed by atoms with Crippen LogP contribution in [-0.4, -0.2) is 7.05 Å². The van der Waals surface area contributed by atoms with E-state index in [1.165, 1.54) is 30.3 Å². The second-order valence-corrected chi connectivity index (χ2v) is 3.74. The maximum atomic E-state index is 13.1. The predicted molar refractivity (Wildman–Crippen MR) is 65.3 cm³/mol. The Morgan fingerprint density at radius 1 is 1.00 bits per heavy atom. The minimum Gasteiger partial charge on any atom is -0.397 e. The molecule has 88 valence electrons. The van der Waals surface area contributed by atoms with E-state index in [-0.39, 0.29) is 11.6 Å². The van der Waals surface area contributed by atoms with Crippen LogP contribution < -0.4 is 10.6 Å². The molecule has 0 aliphatic carbocycles. The Balaban J connectivity index is 2.43. The van der Waals surface area contributed by atoms with Crippen molar-refractivity contribution >= 4 is 17.1 Å². The highest BCUT2D eigenvalue weighted by molar-refractivity contribution is 5.74. The van der Waals surface area contributed by atoms with Gasteiger partial charge in [0.05, 0.1) is 11.4 Å². The molecule has 2 rings (SSSR count). The molecule has 0 aromatic heterocycles. The van der Waals surface area contributed by atoms with Crippen LogP contribution in [0.3, 0.4) is 0 Å². The molecule has 0 bridgehead atoms. The highest BCUT2D eigenvalue weighted by Gasteiger charge is 2.09. The van der Waals surface area contributed by atoms with Crippen LogP contribution in [0.2, 0.25) is 0 Å². The molecule has 0 fully saturated rings. The summed E-state index contributed by atoms with van der Waals surface area (Å²) in [5, 5.41) is 0. The highest BCUT2D eigenvalue weighted by Crippen LogP contribution is 2.29. The predicted octanol–water partition coefficient (Wildman–Crippen LogP) is 3.31. The van der Waals surface area contributed by atoms with Gasteiger partial charge in [-0.15, -0.1) is 0 Å². The van der Waals surface area contributed by atoms with Gasteiger partial charge in [-0.3, -0.25) is 0 Å². The number of halogens is 2. The standard InChI is InChI=1S/C13H12F2N2/c1-17(11-4-2-3-9(14)7-11)13-8-10(15)5-6-12(13)16/h2-8H,16H2,1H3. The summed E-state index contributed by atoms with van der Waals surface area (Å²) in [6, 6.07) is 10.1. The maximum absolute atomic E-state index is 13.1. The smallest absolute Gasteiger partial charge is 0.125 e. The average Bonchev–Trinajstić information content (AvgIpc) is 2.31. The van der Waals surface area contributed by atoms with E-state index in [0.29, 0.717) is 17.1 Å². The maximum Gasteiger partial charge on any atom is 0.125 e. The van der Waals surface area contributed by atoms with E-state index < -0.39 is 0 Å². The van der Waals surface area contributed by atoms with Crippen molar-refractivity contribution < 1.29 is 8.78 Å². The fraction of sp³-hybridized carbons (Fsp3) is 0.0769. The van der Waals surface area contributed by atoms with Gasteiger partial charge in [0.2, 0.25) is 0 Å². The SMILES string of the molecule is CN(c1cccc(F)c1)c1cc(F)ccc1N. The average molecular weight is 234 g/mol. The molecule has 2 aromatic rings. The van der Waals surface area contributed by atoms with Crippen molar-refractivity contribution in [2.45, 2.75) is 0 Å². The molecule has 4 heteroatoms. The lowest BCUT2D eigenvalue weighted by molar-refractivity contribution is 0.627. The van der Waals surface area contributed by atoms with Crippen LogP contribution in [-0.2, 0) is 0 Å². The highest BCUT2D eigenvalue weighted by atomic mass is 19.1. The van der Waals surface area contributed by atoms with Gasteiger partial charge in [-0.2, -0.15) is 0 Å². The molecule has 0 saturated heterocycles. The number of benzene rings is 2. The molecular formula is C13H12F2N2. The second kappa shape index (κ2) is 4.41. The van der Waals surface area contributed by atoms with Crippen molar-refractivity contribution in [2.24, 2.45) is 0 Å². The Morgan fingerprint density at radius 3 is 2.41 bits per heavy atom. The van der Waals surface area contributed by atoms with Crippen LogP contribution in [0.1, 0.15) is 0 Å². The van der Waals surface area contributed by atoms with Gasteiger partial charge >= 0.3 is 0 Å². The van der Waals surface area contributed by atoms with Gasteiger partial charge in [0.1, 0.15) is 11.6 Å². The van der Waals surface area contributed by atoms with Crippen molar-refractivity contribution in [3.8, 4) is 0 Å². The first-order valence-electron chi connectivity index (χ1n) is 5.12. The zero-order valence-corrected chi connectivity index (χ0v) is 9.32. The molecule has 0 radical (unpaired) electrons. The van der Waals surface area contributed by atoms with E-state index in [2.05, 4.69) is 0 Å². The number of rotatable bonds is 2. The van der Waals surface area contributed by atoms with E-state index in [9.17, 15) is 8.78 Å². The van der Waals surface area contributed by atoms with Crippen molar-refractivity contribution in [3.63, 3.8) is 0 Å². The first-order valence-corrected chi connectivity index (χ1v) is 5.12. The molecule has 0 saturated carbocycles. The van der Waals surface area contributed by atoms with Gasteiger partial charge in [-0.1, -0.05) is 6.07 Å². The summed E-state index contributed by atoms with van der Waals surface area (Å²) in [5.74, 6) is -0.721. The Hall–Kier alpha value is -2.10. The fourth-order valence-electron chi connectivity index (χ4n) is 1.63. The number of nitrogens with zero attached hydrogens (tertiary/aromatic N) is 1. The summed E-state index contributed by atoms with van der Waals surface area (Å²) in [6.45, 7) is 0. The van der Waals surface area contributed by atoms with Crippen LogP contribution in [0, 0.1) is 11.6 Å². The quantitative estimate of drug-likeness (QED) is 0.808. The molecule has 0 amide bonds. The lowest BCUT2D eigenvalue weighted by Gasteiger charge is -2.21. The van der Waals surface area contributed by atoms with E-state index in [1.54, 1.807) is 24.1 Å². The Kier molecular flexibility index (Phi) is 2.95. The summed E-state index contributed by atoms with van der Waals surface area (Å²) >= 11 is 0. The number of hydrogen-bond donors (Lipinski definition) is 1. The fourth-order valence-corrected chi connectivity index (χ4v) is 1.63. The Bertz CT molecular complexity index is 541. The lowest BCUT2D eigenvalue weighted by Crippen LogP contribution is -2.12. The third kappa shape index (κ3) is 2.36. The molecule has 0 unspecified atom stereocenters.